The van der Waals surface area contributed by atoms with Crippen LogP contribution in [0.1, 0.15) is 75.4 Å². The number of hydrogen-bond acceptors (Lipinski definition) is 4. The third kappa shape index (κ3) is 2.89. The molecule has 3 aliphatic carbocycles. The quantitative estimate of drug-likeness (QED) is 0.666. The minimum Gasteiger partial charge on any atom is -0.382 e. The molecule has 0 saturated heterocycles. The molecule has 30 heavy (non-hydrogen) atoms. The highest BCUT2D eigenvalue weighted by Crippen LogP contribution is 2.52. The van der Waals surface area contributed by atoms with Crippen LogP contribution >= 0.6 is 0 Å². The molecule has 0 aromatic carbocycles. The van der Waals surface area contributed by atoms with Gasteiger partial charge >= 0.3 is 0 Å². The summed E-state index contributed by atoms with van der Waals surface area (Å²) in [4.78, 5) is 13.4. The number of aromatic amines is 1. The lowest BCUT2D eigenvalue weighted by Gasteiger charge is -2.21. The summed E-state index contributed by atoms with van der Waals surface area (Å²) in [7, 11) is 2.04. The molecule has 3 aliphatic rings. The molecule has 3 heterocycles. The summed E-state index contributed by atoms with van der Waals surface area (Å²) in [6.45, 7) is 0. The Bertz CT molecular complexity index is 1140. The average molecular weight is 407 g/mol. The first kappa shape index (κ1) is 18.2. The highest BCUT2D eigenvalue weighted by atomic mass is 16.1. The fourth-order valence-corrected chi connectivity index (χ4v) is 5.68. The molecule has 0 bridgehead atoms. The Balaban J connectivity index is 1.51. The van der Waals surface area contributed by atoms with Gasteiger partial charge in [0, 0.05) is 36.5 Å². The van der Waals surface area contributed by atoms with E-state index in [2.05, 4.69) is 16.3 Å². The first-order valence-corrected chi connectivity index (χ1v) is 11.5. The number of H-pyrrole nitrogens is 1. The van der Waals surface area contributed by atoms with Gasteiger partial charge in [-0.1, -0.05) is 19.3 Å². The first-order valence-electron chi connectivity index (χ1n) is 11.5. The van der Waals surface area contributed by atoms with Crippen molar-refractivity contribution in [1.82, 2.24) is 24.5 Å². The Morgan fingerprint density at radius 2 is 1.80 bits per heavy atom. The van der Waals surface area contributed by atoms with Gasteiger partial charge in [-0.15, -0.1) is 0 Å². The second kappa shape index (κ2) is 6.72. The Morgan fingerprint density at radius 3 is 2.47 bits per heavy atom. The fourth-order valence-electron chi connectivity index (χ4n) is 5.68. The van der Waals surface area contributed by atoms with Gasteiger partial charge in [-0.05, 0) is 56.4 Å². The molecule has 3 aromatic heterocycles. The van der Waals surface area contributed by atoms with E-state index in [1.165, 1.54) is 63.5 Å². The predicted molar refractivity (Wildman–Crippen MR) is 117 cm³/mol. The normalized spacial score (nSPS) is 20.5. The first-order chi connectivity index (χ1) is 14.6. The number of pyridine rings is 1. The Hall–Kier alpha value is -2.57. The number of rotatable bonds is 5. The van der Waals surface area contributed by atoms with E-state index in [1.807, 2.05) is 22.5 Å². The highest BCUT2D eigenvalue weighted by molar-refractivity contribution is 5.97. The Morgan fingerprint density at radius 1 is 1.10 bits per heavy atom. The van der Waals surface area contributed by atoms with Gasteiger partial charge in [-0.25, -0.2) is 0 Å². The van der Waals surface area contributed by atoms with E-state index < -0.39 is 0 Å². The van der Waals surface area contributed by atoms with E-state index in [1.54, 1.807) is 0 Å². The van der Waals surface area contributed by atoms with Crippen LogP contribution in [0.5, 0.6) is 0 Å². The van der Waals surface area contributed by atoms with Crippen molar-refractivity contribution >= 4 is 16.7 Å². The van der Waals surface area contributed by atoms with E-state index in [-0.39, 0.29) is 11.6 Å². The van der Waals surface area contributed by atoms with Crippen LogP contribution in [0.4, 0.5) is 5.82 Å². The Labute approximate surface area is 175 Å². The molecule has 3 saturated carbocycles. The molecule has 0 radical (unpaired) electrons. The Kier molecular flexibility index (Phi) is 4.08. The SMILES string of the molecule is Cn1nc(-c2cn(C(C3CC3)C3CC3)c(=O)c3c(N)n[nH]c23)cc1C1CCCCC1. The summed E-state index contributed by atoms with van der Waals surface area (Å²) in [5.74, 6) is 2.11. The van der Waals surface area contributed by atoms with Crippen LogP contribution in [0.2, 0.25) is 0 Å². The number of nitrogens with two attached hydrogens (primary N) is 1. The van der Waals surface area contributed by atoms with E-state index >= 15 is 0 Å². The zero-order valence-electron chi connectivity index (χ0n) is 17.6. The lowest BCUT2D eigenvalue weighted by molar-refractivity contribution is 0.386. The van der Waals surface area contributed by atoms with Crippen LogP contribution in [0.3, 0.4) is 0 Å². The molecular formula is C23H30N6O. The molecule has 0 amide bonds. The van der Waals surface area contributed by atoms with Gasteiger partial charge < -0.3 is 10.3 Å². The molecular weight excluding hydrogens is 376 g/mol. The van der Waals surface area contributed by atoms with Crippen molar-refractivity contribution in [2.45, 2.75) is 69.7 Å². The summed E-state index contributed by atoms with van der Waals surface area (Å²) in [5.41, 5.74) is 10.0. The van der Waals surface area contributed by atoms with Gasteiger partial charge in [0.25, 0.3) is 5.56 Å². The van der Waals surface area contributed by atoms with E-state index in [0.29, 0.717) is 34.5 Å². The summed E-state index contributed by atoms with van der Waals surface area (Å²) < 4.78 is 4.01. The van der Waals surface area contributed by atoms with Crippen molar-refractivity contribution in [3.8, 4) is 11.3 Å². The number of nitrogens with zero attached hydrogens (tertiary/aromatic N) is 4. The maximum absolute atomic E-state index is 13.4. The molecule has 3 N–H and O–H groups in total. The monoisotopic (exact) mass is 406 g/mol. The van der Waals surface area contributed by atoms with Crippen LogP contribution in [-0.4, -0.2) is 24.5 Å². The van der Waals surface area contributed by atoms with Crippen molar-refractivity contribution in [2.75, 3.05) is 5.73 Å². The van der Waals surface area contributed by atoms with E-state index in [0.717, 1.165) is 11.3 Å². The van der Waals surface area contributed by atoms with Gasteiger partial charge in [-0.2, -0.15) is 10.2 Å². The highest BCUT2D eigenvalue weighted by Gasteiger charge is 2.43. The number of aromatic nitrogens is 5. The van der Waals surface area contributed by atoms with Crippen LogP contribution < -0.4 is 11.3 Å². The van der Waals surface area contributed by atoms with Gasteiger partial charge in [-0.3, -0.25) is 14.6 Å². The number of hydrogen-bond donors (Lipinski definition) is 2. The largest absolute Gasteiger partial charge is 0.382 e. The second-order valence-corrected chi connectivity index (χ2v) is 9.69. The summed E-state index contributed by atoms with van der Waals surface area (Å²) >= 11 is 0. The maximum Gasteiger partial charge on any atom is 0.264 e. The lowest BCUT2D eigenvalue weighted by Crippen LogP contribution is -2.27. The molecule has 3 fully saturated rings. The van der Waals surface area contributed by atoms with Crippen molar-refractivity contribution in [3.05, 3.63) is 28.3 Å². The van der Waals surface area contributed by atoms with Crippen molar-refractivity contribution in [1.29, 1.82) is 0 Å². The van der Waals surface area contributed by atoms with Crippen LogP contribution in [0.25, 0.3) is 22.2 Å². The molecule has 158 valence electrons. The molecule has 0 spiro atoms. The third-order valence-electron chi connectivity index (χ3n) is 7.53. The number of aryl methyl sites for hydroxylation is 1. The van der Waals surface area contributed by atoms with Gasteiger partial charge in [0.1, 0.15) is 5.39 Å². The van der Waals surface area contributed by atoms with Gasteiger partial charge in [0.15, 0.2) is 5.82 Å². The smallest absolute Gasteiger partial charge is 0.264 e. The number of anilines is 1. The van der Waals surface area contributed by atoms with Crippen molar-refractivity contribution < 1.29 is 0 Å². The van der Waals surface area contributed by atoms with Crippen LogP contribution in [0, 0.1) is 11.8 Å². The molecule has 3 aromatic rings. The molecule has 7 heteroatoms. The van der Waals surface area contributed by atoms with Gasteiger partial charge in [0.2, 0.25) is 0 Å². The maximum atomic E-state index is 13.4. The molecule has 0 aliphatic heterocycles. The summed E-state index contributed by atoms with van der Waals surface area (Å²) in [6.07, 6.45) is 13.3. The summed E-state index contributed by atoms with van der Waals surface area (Å²) in [5, 5.41) is 12.6. The summed E-state index contributed by atoms with van der Waals surface area (Å²) in [6, 6.07) is 2.51. The minimum atomic E-state index is -0.00719. The van der Waals surface area contributed by atoms with E-state index in [9.17, 15) is 4.79 Å². The molecule has 0 atom stereocenters. The molecule has 0 unspecified atom stereocenters. The lowest BCUT2D eigenvalue weighted by atomic mass is 9.86. The molecule has 7 nitrogen and oxygen atoms in total. The fraction of sp³-hybridized carbons (Fsp3) is 0.609. The standard InChI is InChI=1S/C23H30N6O/c1-28-18(13-5-3-2-4-6-13)11-17(27-28)16-12-29(21(14-7-8-14)15-9-10-15)23(30)19-20(16)25-26-22(19)24/h11-15,21H,2-10H2,1H3,(H3,24,25,26). The van der Waals surface area contributed by atoms with Crippen LogP contribution in [0.15, 0.2) is 17.1 Å². The second-order valence-electron chi connectivity index (χ2n) is 9.69. The molecule has 6 rings (SSSR count). The van der Waals surface area contributed by atoms with Crippen molar-refractivity contribution in [3.63, 3.8) is 0 Å². The zero-order chi connectivity index (χ0) is 20.4. The predicted octanol–water partition coefficient (Wildman–Crippen LogP) is 4.12. The van der Waals surface area contributed by atoms with Gasteiger partial charge in [0.05, 0.1) is 11.2 Å². The van der Waals surface area contributed by atoms with Crippen LogP contribution in [-0.2, 0) is 7.05 Å². The average Bonchev–Trinajstić information content (AvgIpc) is 3.68. The third-order valence-corrected chi connectivity index (χ3v) is 7.53. The minimum absolute atomic E-state index is 0.00719. The number of nitrogens with one attached hydrogen (secondary N) is 1. The van der Waals surface area contributed by atoms with Crippen molar-refractivity contribution in [2.24, 2.45) is 18.9 Å². The number of nitrogen functional groups attached to an aromatic ring is 1. The zero-order valence-corrected chi connectivity index (χ0v) is 17.6. The number of fused-ring (bicyclic) bond motifs is 1. The topological polar surface area (TPSA) is 94.5 Å². The van der Waals surface area contributed by atoms with E-state index in [4.69, 9.17) is 10.8 Å².